The van der Waals surface area contributed by atoms with Crippen LogP contribution in [-0.4, -0.2) is 132 Å². The molecule has 9 atom stereocenters. The summed E-state index contributed by atoms with van der Waals surface area (Å²) in [6.07, 6.45) is 27.8. The van der Waals surface area contributed by atoms with Crippen LogP contribution in [0.15, 0.2) is 150 Å². The first-order chi connectivity index (χ1) is 52.1. The van der Waals surface area contributed by atoms with Crippen molar-refractivity contribution >= 4 is 90.7 Å². The van der Waals surface area contributed by atoms with Gasteiger partial charge in [-0.05, 0) is 162 Å². The third-order valence-electron chi connectivity index (χ3n) is 20.5. The van der Waals surface area contributed by atoms with Crippen molar-refractivity contribution in [2.75, 3.05) is 25.2 Å². The molecule has 3 aromatic heterocycles. The van der Waals surface area contributed by atoms with E-state index in [4.69, 9.17) is 48.9 Å². The highest BCUT2D eigenvalue weighted by atomic mass is 35.5. The molecule has 2 saturated heterocycles. The number of fused-ring (bicyclic) bond motifs is 1. The second kappa shape index (κ2) is 44.1. The summed E-state index contributed by atoms with van der Waals surface area (Å²) >= 11 is 11.7. The number of halogens is 3. The van der Waals surface area contributed by atoms with Crippen LogP contribution in [0.1, 0.15) is 190 Å². The van der Waals surface area contributed by atoms with Crippen molar-refractivity contribution in [2.45, 2.75) is 235 Å². The van der Waals surface area contributed by atoms with Crippen LogP contribution in [0, 0.1) is 30.5 Å². The predicted octanol–water partition coefficient (Wildman–Crippen LogP) is 14.8. The Morgan fingerprint density at radius 3 is 1.59 bits per heavy atom. The number of nitrogens with one attached hydrogen (secondary N) is 1. The highest BCUT2D eigenvalue weighted by Crippen LogP contribution is 2.36. The van der Waals surface area contributed by atoms with Crippen LogP contribution in [0.2, 0.25) is 5.02 Å². The van der Waals surface area contributed by atoms with Crippen molar-refractivity contribution in [1.29, 1.82) is 0 Å². The molecule has 21 nitrogen and oxygen atoms in total. The highest BCUT2D eigenvalue weighted by molar-refractivity contribution is 7.90. The number of hydrogen-bond acceptors (Lipinski definition) is 17. The van der Waals surface area contributed by atoms with Gasteiger partial charge in [-0.3, -0.25) is 33.0 Å². The van der Waals surface area contributed by atoms with Crippen LogP contribution < -0.4 is 16.8 Å². The molecule has 0 spiro atoms. The number of benzene rings is 4. The topological polar surface area (TPSA) is 295 Å². The van der Waals surface area contributed by atoms with Gasteiger partial charge >= 0.3 is 17.9 Å². The van der Waals surface area contributed by atoms with Gasteiger partial charge in [0.25, 0.3) is 10.0 Å². The van der Waals surface area contributed by atoms with Gasteiger partial charge in [0.2, 0.25) is 17.7 Å². The lowest BCUT2D eigenvalue weighted by Gasteiger charge is -2.35. The van der Waals surface area contributed by atoms with E-state index in [0.29, 0.717) is 117 Å². The fourth-order valence-corrected chi connectivity index (χ4v) is 17.2. The second-order valence-electron chi connectivity index (χ2n) is 29.1. The number of nitrogens with zero attached hydrogens (tertiary/aromatic N) is 6. The molecule has 4 aliphatic carbocycles. The summed E-state index contributed by atoms with van der Waals surface area (Å²) in [7, 11) is -5.69. The summed E-state index contributed by atoms with van der Waals surface area (Å²) in [6, 6.07) is 38.7. The van der Waals surface area contributed by atoms with Gasteiger partial charge in [-0.25, -0.2) is 31.7 Å². The number of hydrogen-bond donors (Lipinski definition) is 3. The molecule has 0 radical (unpaired) electrons. The van der Waals surface area contributed by atoms with Crippen LogP contribution in [0.25, 0.3) is 22.4 Å². The summed E-state index contributed by atoms with van der Waals surface area (Å²) in [6.45, 7) is 4.76. The zero-order valence-electron chi connectivity index (χ0n) is 62.0. The molecule has 1 unspecified atom stereocenters. The van der Waals surface area contributed by atoms with Crippen LogP contribution in [0.5, 0.6) is 0 Å². The Balaban J connectivity index is 0.000000175. The SMILES string of the molecule is C.Cc1ccc(S(=O)(=O)n2cc(-c3ncc(F)c(S(C)=O)n3)c3cc(Cl)cnc32)cc1.N[C@@H]1CCC[C@H](CC(=O)OCc2ccccc2)C1.N[C@H]1CCC[C@@H](N2CCCC2=O)C1.O=C(CCCCl)N[C@@H]1CCC[C@H](CC(=O)OCc2ccccc2)C1.O=C(C[C@H]1CCC[C@@H](N2CCCC2=O)C1)OCc1ccccc1. The first kappa shape index (κ1) is 86.6. The van der Waals surface area contributed by atoms with Crippen molar-refractivity contribution in [3.8, 4) is 11.4 Å². The van der Waals surface area contributed by atoms with E-state index in [1.54, 1.807) is 12.1 Å². The van der Waals surface area contributed by atoms with E-state index in [-0.39, 0.29) is 75.3 Å². The van der Waals surface area contributed by atoms with E-state index < -0.39 is 26.6 Å². The summed E-state index contributed by atoms with van der Waals surface area (Å²) in [4.78, 5) is 87.3. The van der Waals surface area contributed by atoms with E-state index in [2.05, 4.69) is 25.2 Å². The van der Waals surface area contributed by atoms with Crippen LogP contribution >= 0.6 is 23.2 Å². The maximum absolute atomic E-state index is 13.9. The third-order valence-corrected chi connectivity index (χ3v) is 23.5. The first-order valence-electron chi connectivity index (χ1n) is 38.0. The van der Waals surface area contributed by atoms with E-state index in [0.717, 1.165) is 155 Å². The van der Waals surface area contributed by atoms with Crippen LogP contribution in [0.4, 0.5) is 4.39 Å². The molecule has 0 bridgehead atoms. The number of alkyl halides is 1. The molecule has 6 fully saturated rings. The highest BCUT2D eigenvalue weighted by Gasteiger charge is 2.35. The van der Waals surface area contributed by atoms with Gasteiger partial charge in [-0.1, -0.05) is 147 Å². The number of aromatic nitrogens is 4. The molecule has 5 heterocycles. The number of pyridine rings is 1. The van der Waals surface area contributed by atoms with E-state index in [9.17, 15) is 45.8 Å². The number of ether oxygens (including phenoxy) is 3. The number of amides is 3. The number of aryl methyl sites for hydroxylation is 1. The minimum atomic E-state index is -4.00. The lowest BCUT2D eigenvalue weighted by molar-refractivity contribution is -0.147. The number of likely N-dealkylation sites (tertiary alicyclic amines) is 2. The summed E-state index contributed by atoms with van der Waals surface area (Å²) in [5.74, 6) is 1.09. The normalized spacial score (nSPS) is 21.4. The zero-order valence-corrected chi connectivity index (χ0v) is 65.2. The van der Waals surface area contributed by atoms with E-state index >= 15 is 0 Å². The maximum atomic E-state index is 13.9. The molecule has 7 aromatic rings. The van der Waals surface area contributed by atoms with Crippen molar-refractivity contribution in [2.24, 2.45) is 29.2 Å². The second-order valence-corrected chi connectivity index (χ2v) is 33.0. The smallest absolute Gasteiger partial charge is 0.306 e. The Labute approximate surface area is 654 Å². The van der Waals surface area contributed by atoms with Gasteiger partial charge in [0.15, 0.2) is 22.3 Å². The lowest BCUT2D eigenvalue weighted by atomic mass is 9.83. The lowest BCUT2D eigenvalue weighted by Crippen LogP contribution is -2.43. The summed E-state index contributed by atoms with van der Waals surface area (Å²) < 4.78 is 69.3. The van der Waals surface area contributed by atoms with Crippen molar-refractivity contribution in [3.63, 3.8) is 0 Å². The third kappa shape index (κ3) is 27.5. The van der Waals surface area contributed by atoms with Crippen molar-refractivity contribution in [3.05, 3.63) is 173 Å². The van der Waals surface area contributed by atoms with Gasteiger partial charge < -0.3 is 40.8 Å². The average Bonchev–Trinajstić information content (AvgIpc) is 1.60. The minimum absolute atomic E-state index is 0. The maximum Gasteiger partial charge on any atom is 0.306 e. The molecule has 6 aliphatic rings. The van der Waals surface area contributed by atoms with E-state index in [1.807, 2.05) is 103 Å². The number of nitrogens with two attached hydrogens (primary N) is 2. The Bertz CT molecular complexity index is 4210. The number of rotatable bonds is 22. The number of carbonyl (C=O) groups excluding carboxylic acids is 6. The van der Waals surface area contributed by atoms with Crippen molar-refractivity contribution < 1.29 is 60.0 Å². The summed E-state index contributed by atoms with van der Waals surface area (Å²) in [5.41, 5.74) is 16.2. The van der Waals surface area contributed by atoms with Crippen molar-refractivity contribution in [1.82, 2.24) is 34.0 Å². The molecule has 5 N–H and O–H groups in total. The Morgan fingerprint density at radius 1 is 0.624 bits per heavy atom. The molecular weight excluding hydrogens is 1470 g/mol. The molecule has 109 heavy (non-hydrogen) atoms. The predicted molar refractivity (Wildman–Crippen MR) is 423 cm³/mol. The molecule has 26 heteroatoms. The molecular formula is C83H108Cl2FN9O12S2. The Hall–Kier alpha value is -8.00. The van der Waals surface area contributed by atoms with Gasteiger partial charge in [-0.15, -0.1) is 11.6 Å². The molecule has 13 rings (SSSR count). The number of esters is 3. The molecule has 2 aliphatic heterocycles. The van der Waals surface area contributed by atoms with E-state index in [1.165, 1.54) is 49.7 Å². The summed E-state index contributed by atoms with van der Waals surface area (Å²) in [5, 5.41) is 3.42. The quantitative estimate of drug-likeness (QED) is 0.0246. The van der Waals surface area contributed by atoms with Gasteiger partial charge in [0.1, 0.15) is 19.8 Å². The van der Waals surface area contributed by atoms with Gasteiger partial charge in [-0.2, -0.15) is 0 Å². The zero-order chi connectivity index (χ0) is 77.0. The molecule has 590 valence electrons. The van der Waals surface area contributed by atoms with Gasteiger partial charge in [0.05, 0.1) is 26.9 Å². The minimum Gasteiger partial charge on any atom is -0.461 e. The molecule has 3 amide bonds. The fourth-order valence-electron chi connectivity index (χ4n) is 15.0. The Kier molecular flexibility index (Phi) is 35.1. The number of carbonyl (C=O) groups is 6. The standard InChI is InChI=1S/C19H14ClFN4O3S2.C19H26ClNO3.C19H25NO3.C15H21NO2.C10H18N2O.CH4/c1-11-3-5-13(6-4-11)30(27,28)25-10-15(14-7-12(20)8-23-18(14)25)17-22-9-16(21)19(24-17)29(2)26;20-11-5-10-18(22)21-17-9-4-8-16(12-17)13-19(23)24-14-15-6-2-1-3-7-15;21-18-10-5-11-20(18)17-9-4-8-16(12-17)13-19(22)23-14-15-6-2-1-3-7-15;16-14-8-4-7-13(9-14)10-15(17)18-11-12-5-2-1-3-6-12;11-8-3-1-4-9(7-8)12-6-2-5-10(12)13;/h3-10H,1-2H3;1-3,6-7,16-17H,4-5,8-14H2,(H,21,22);1-3,6-7,16-17H,4-5,8-14H2;1-3,5-6,13-14H,4,7-11,16H2;8-9H,1-7,11H2;1H4/t;2*16-,17+;13-,14+;8-,9+;/m.0000./s1. The van der Waals surface area contributed by atoms with Gasteiger partial charge in [0, 0.05) is 117 Å². The fraction of sp³-hybridized carbons (Fsp3) is 0.506. The van der Waals surface area contributed by atoms with Crippen LogP contribution in [-0.2, 0) is 83.6 Å². The van der Waals surface area contributed by atoms with Crippen LogP contribution in [0.3, 0.4) is 0 Å². The largest absolute Gasteiger partial charge is 0.461 e. The molecule has 4 aromatic carbocycles. The Morgan fingerprint density at radius 2 is 1.10 bits per heavy atom. The monoisotopic (exact) mass is 1580 g/mol. The molecule has 4 saturated carbocycles. The first-order valence-corrected chi connectivity index (χ1v) is 41.9. The average molecular weight is 1580 g/mol.